The molecule has 1 N–H and O–H groups in total. The topological polar surface area (TPSA) is 29.5 Å². The Morgan fingerprint density at radius 2 is 2.25 bits per heavy atom. The third-order valence-electron chi connectivity index (χ3n) is 3.23. The summed E-state index contributed by atoms with van der Waals surface area (Å²) in [6.07, 6.45) is 14.8. The van der Waals surface area contributed by atoms with Crippen molar-refractivity contribution in [3.8, 4) is 0 Å². The highest BCUT2D eigenvalue weighted by molar-refractivity contribution is 5.37. The molecule has 16 heavy (non-hydrogen) atoms. The molecule has 0 aromatic rings. The van der Waals surface area contributed by atoms with E-state index in [4.69, 9.17) is 9.84 Å². The van der Waals surface area contributed by atoms with Crippen LogP contribution in [0.25, 0.3) is 0 Å². The van der Waals surface area contributed by atoms with E-state index < -0.39 is 0 Å². The summed E-state index contributed by atoms with van der Waals surface area (Å²) in [4.78, 5) is 0. The van der Waals surface area contributed by atoms with Crippen LogP contribution in [0.4, 0.5) is 0 Å². The van der Waals surface area contributed by atoms with E-state index in [1.165, 1.54) is 24.0 Å². The SMILES string of the molecule is OCCOC1CC=C(C2=CC=CCC2)CC1. The van der Waals surface area contributed by atoms with Gasteiger partial charge >= 0.3 is 0 Å². The summed E-state index contributed by atoms with van der Waals surface area (Å²) >= 11 is 0. The fourth-order valence-electron chi connectivity index (χ4n) is 2.34. The molecule has 0 aliphatic heterocycles. The van der Waals surface area contributed by atoms with Gasteiger partial charge in [0.05, 0.1) is 19.3 Å². The molecule has 0 spiro atoms. The van der Waals surface area contributed by atoms with Gasteiger partial charge in [-0.2, -0.15) is 0 Å². The lowest BCUT2D eigenvalue weighted by Gasteiger charge is -2.24. The molecule has 1 unspecified atom stereocenters. The number of aliphatic hydroxyl groups excluding tert-OH is 1. The first kappa shape index (κ1) is 11.6. The molecule has 0 amide bonds. The molecule has 1 atom stereocenters. The molecular weight excluding hydrogens is 200 g/mol. The fourth-order valence-corrected chi connectivity index (χ4v) is 2.34. The van der Waals surface area contributed by atoms with Crippen LogP contribution in [0, 0.1) is 0 Å². The summed E-state index contributed by atoms with van der Waals surface area (Å²) in [6, 6.07) is 0. The van der Waals surface area contributed by atoms with E-state index in [1.807, 2.05) is 0 Å². The van der Waals surface area contributed by atoms with Crippen LogP contribution < -0.4 is 0 Å². The lowest BCUT2D eigenvalue weighted by Crippen LogP contribution is -2.18. The molecule has 2 nitrogen and oxygen atoms in total. The zero-order valence-electron chi connectivity index (χ0n) is 9.69. The van der Waals surface area contributed by atoms with Gasteiger partial charge < -0.3 is 9.84 Å². The van der Waals surface area contributed by atoms with Gasteiger partial charge in [-0.3, -0.25) is 0 Å². The normalized spacial score (nSPS) is 25.2. The van der Waals surface area contributed by atoms with E-state index >= 15 is 0 Å². The lowest BCUT2D eigenvalue weighted by atomic mass is 9.88. The summed E-state index contributed by atoms with van der Waals surface area (Å²) in [5.41, 5.74) is 3.01. The van der Waals surface area contributed by atoms with Crippen molar-refractivity contribution in [3.63, 3.8) is 0 Å². The Morgan fingerprint density at radius 3 is 2.88 bits per heavy atom. The molecule has 2 heteroatoms. The van der Waals surface area contributed by atoms with Crippen LogP contribution >= 0.6 is 0 Å². The maximum Gasteiger partial charge on any atom is 0.0701 e. The van der Waals surface area contributed by atoms with Crippen LogP contribution in [0.2, 0.25) is 0 Å². The average Bonchev–Trinajstić information content (AvgIpc) is 2.38. The van der Waals surface area contributed by atoms with Crippen molar-refractivity contribution < 1.29 is 9.84 Å². The maximum absolute atomic E-state index is 8.70. The molecule has 0 bridgehead atoms. The minimum atomic E-state index is 0.128. The van der Waals surface area contributed by atoms with E-state index in [1.54, 1.807) is 0 Å². The standard InChI is InChI=1S/C14H20O2/c15-10-11-16-14-8-6-13(7-9-14)12-4-2-1-3-5-12/h1-2,4,6,14-15H,3,5,7-11H2. The predicted molar refractivity (Wildman–Crippen MR) is 65.2 cm³/mol. The largest absolute Gasteiger partial charge is 0.394 e. The highest BCUT2D eigenvalue weighted by Gasteiger charge is 2.16. The van der Waals surface area contributed by atoms with Crippen molar-refractivity contribution in [3.05, 3.63) is 35.5 Å². The number of hydrogen-bond donors (Lipinski definition) is 1. The van der Waals surface area contributed by atoms with E-state index in [0.29, 0.717) is 12.7 Å². The van der Waals surface area contributed by atoms with Gasteiger partial charge in [0.2, 0.25) is 0 Å². The molecule has 0 heterocycles. The number of hydrogen-bond acceptors (Lipinski definition) is 2. The van der Waals surface area contributed by atoms with Crippen LogP contribution in [0.1, 0.15) is 32.1 Å². The molecule has 0 aromatic heterocycles. The molecule has 88 valence electrons. The molecule has 0 fully saturated rings. The molecule has 2 rings (SSSR count). The number of rotatable bonds is 4. The van der Waals surface area contributed by atoms with Gasteiger partial charge in [0.25, 0.3) is 0 Å². The summed E-state index contributed by atoms with van der Waals surface area (Å²) in [7, 11) is 0. The quantitative estimate of drug-likeness (QED) is 0.789. The summed E-state index contributed by atoms with van der Waals surface area (Å²) in [5, 5.41) is 8.70. The van der Waals surface area contributed by atoms with Crippen molar-refractivity contribution in [1.82, 2.24) is 0 Å². The minimum absolute atomic E-state index is 0.128. The van der Waals surface area contributed by atoms with Gasteiger partial charge in [0.15, 0.2) is 0 Å². The highest BCUT2D eigenvalue weighted by Crippen LogP contribution is 2.29. The summed E-state index contributed by atoms with van der Waals surface area (Å²) in [6.45, 7) is 0.599. The number of aliphatic hydroxyl groups is 1. The van der Waals surface area contributed by atoms with E-state index in [2.05, 4.69) is 24.3 Å². The van der Waals surface area contributed by atoms with Gasteiger partial charge in [-0.05, 0) is 43.3 Å². The van der Waals surface area contributed by atoms with E-state index in [9.17, 15) is 0 Å². The van der Waals surface area contributed by atoms with E-state index in [-0.39, 0.29) is 6.61 Å². The molecule has 2 aliphatic carbocycles. The summed E-state index contributed by atoms with van der Waals surface area (Å²) < 4.78 is 5.54. The van der Waals surface area contributed by atoms with Crippen LogP contribution in [-0.2, 0) is 4.74 Å². The molecule has 0 aromatic carbocycles. The maximum atomic E-state index is 8.70. The number of ether oxygens (including phenoxy) is 1. The average molecular weight is 220 g/mol. The van der Waals surface area contributed by atoms with Crippen molar-refractivity contribution in [2.75, 3.05) is 13.2 Å². The fraction of sp³-hybridized carbons (Fsp3) is 0.571. The molecule has 2 aliphatic rings. The van der Waals surface area contributed by atoms with E-state index in [0.717, 1.165) is 19.3 Å². The molecule has 0 saturated heterocycles. The third kappa shape index (κ3) is 3.06. The Balaban J connectivity index is 1.87. The molecular formula is C14H20O2. The zero-order chi connectivity index (χ0) is 11.2. The Bertz CT molecular complexity index is 313. The minimum Gasteiger partial charge on any atom is -0.394 e. The Labute approximate surface area is 97.3 Å². The first-order valence-corrected chi connectivity index (χ1v) is 6.17. The van der Waals surface area contributed by atoms with Crippen molar-refractivity contribution in [2.45, 2.75) is 38.2 Å². The zero-order valence-corrected chi connectivity index (χ0v) is 9.69. The Hall–Kier alpha value is -0.860. The second-order valence-electron chi connectivity index (χ2n) is 4.38. The van der Waals surface area contributed by atoms with Gasteiger partial charge in [-0.1, -0.05) is 24.3 Å². The van der Waals surface area contributed by atoms with Gasteiger partial charge in [-0.25, -0.2) is 0 Å². The second kappa shape index (κ2) is 6.02. The monoisotopic (exact) mass is 220 g/mol. The first-order valence-electron chi connectivity index (χ1n) is 6.17. The van der Waals surface area contributed by atoms with Crippen LogP contribution in [0.15, 0.2) is 35.5 Å². The Morgan fingerprint density at radius 1 is 1.31 bits per heavy atom. The lowest BCUT2D eigenvalue weighted by molar-refractivity contribution is 0.0237. The Kier molecular flexibility index (Phi) is 4.37. The van der Waals surface area contributed by atoms with Crippen LogP contribution in [-0.4, -0.2) is 24.4 Å². The molecule has 0 saturated carbocycles. The number of allylic oxidation sites excluding steroid dienone is 5. The third-order valence-corrected chi connectivity index (χ3v) is 3.23. The van der Waals surface area contributed by atoms with Crippen molar-refractivity contribution >= 4 is 0 Å². The van der Waals surface area contributed by atoms with Crippen molar-refractivity contribution in [1.29, 1.82) is 0 Å². The van der Waals surface area contributed by atoms with Crippen molar-refractivity contribution in [2.24, 2.45) is 0 Å². The van der Waals surface area contributed by atoms with Crippen LogP contribution in [0.5, 0.6) is 0 Å². The predicted octanol–water partition coefficient (Wildman–Crippen LogP) is 2.75. The first-order chi connectivity index (χ1) is 7.90. The smallest absolute Gasteiger partial charge is 0.0701 e. The second-order valence-corrected chi connectivity index (χ2v) is 4.38. The van der Waals surface area contributed by atoms with Gasteiger partial charge in [0.1, 0.15) is 0 Å². The highest BCUT2D eigenvalue weighted by atomic mass is 16.5. The van der Waals surface area contributed by atoms with Crippen LogP contribution in [0.3, 0.4) is 0 Å². The summed E-state index contributed by atoms with van der Waals surface area (Å²) in [5.74, 6) is 0. The van der Waals surface area contributed by atoms with Gasteiger partial charge in [0, 0.05) is 0 Å². The van der Waals surface area contributed by atoms with Gasteiger partial charge in [-0.15, -0.1) is 0 Å². The molecule has 0 radical (unpaired) electrons.